The van der Waals surface area contributed by atoms with E-state index in [1.165, 1.54) is 0 Å². The average molecular weight is 554 g/mol. The van der Waals surface area contributed by atoms with Crippen molar-refractivity contribution in [2.75, 3.05) is 26.3 Å². The summed E-state index contributed by atoms with van der Waals surface area (Å²) in [6.45, 7) is 8.01. The summed E-state index contributed by atoms with van der Waals surface area (Å²) in [6.07, 6.45) is 4.19. The van der Waals surface area contributed by atoms with E-state index in [-0.39, 0.29) is 44.1 Å². The first-order chi connectivity index (χ1) is 18.5. The van der Waals surface area contributed by atoms with Crippen LogP contribution in [0.25, 0.3) is 0 Å². The van der Waals surface area contributed by atoms with Crippen molar-refractivity contribution in [2.24, 2.45) is 0 Å². The van der Waals surface area contributed by atoms with Gasteiger partial charge in [-0.1, -0.05) is 37.8 Å². The fourth-order valence-corrected chi connectivity index (χ4v) is 6.17. The molecule has 2 amide bonds. The van der Waals surface area contributed by atoms with Crippen LogP contribution < -0.4 is 5.32 Å². The van der Waals surface area contributed by atoms with Crippen LogP contribution in [0.3, 0.4) is 0 Å². The molecular formula is C29H43BN4O6. The first-order valence-electron chi connectivity index (χ1n) is 13.7. The highest BCUT2D eigenvalue weighted by Gasteiger charge is 2.55. The summed E-state index contributed by atoms with van der Waals surface area (Å²) in [7, 11) is -1.77. The lowest BCUT2D eigenvalue weighted by Crippen LogP contribution is -2.53. The average Bonchev–Trinajstić information content (AvgIpc) is 3.46. The number of carbonyl (C=O) groups is 2. The van der Waals surface area contributed by atoms with E-state index in [1.54, 1.807) is 11.0 Å². The van der Waals surface area contributed by atoms with Gasteiger partial charge in [-0.2, -0.15) is 5.26 Å². The molecule has 0 aromatic heterocycles. The second-order valence-corrected chi connectivity index (χ2v) is 11.5. The highest BCUT2D eigenvalue weighted by Crippen LogP contribution is 2.47. The van der Waals surface area contributed by atoms with Gasteiger partial charge in [0.15, 0.2) is 0 Å². The molecule has 0 unspecified atom stereocenters. The van der Waals surface area contributed by atoms with Crippen LogP contribution in [0.4, 0.5) is 4.79 Å². The predicted molar refractivity (Wildman–Crippen MR) is 152 cm³/mol. The van der Waals surface area contributed by atoms with Gasteiger partial charge < -0.3 is 29.7 Å². The minimum absolute atomic E-state index is 0. The number of hydrogen-bond acceptors (Lipinski definition) is 8. The molecule has 1 aromatic rings. The maximum Gasteiger partial charge on any atom is 0.475 e. The van der Waals surface area contributed by atoms with E-state index in [0.717, 1.165) is 18.4 Å². The normalized spacial score (nSPS) is 25.5. The SMILES string of the molecule is C.C[C@H]1CN(C(C)(C)C=C(C#N)C(=O)N2C3CCC2(COC(=O)N[C@@H](Cc2ccccc2)B(O)O)CC3)CCO1. The van der Waals surface area contributed by atoms with E-state index in [0.29, 0.717) is 32.5 Å². The Kier molecular flexibility index (Phi) is 10.4. The Morgan fingerprint density at radius 1 is 1.30 bits per heavy atom. The van der Waals surface area contributed by atoms with Crippen molar-refractivity contribution in [1.82, 2.24) is 15.1 Å². The lowest BCUT2D eigenvalue weighted by Gasteiger charge is -2.41. The van der Waals surface area contributed by atoms with E-state index in [1.807, 2.05) is 51.1 Å². The number of nitrogens with zero attached hydrogens (tertiary/aromatic N) is 3. The number of alkyl carbamates (subject to hydrolysis) is 1. The van der Waals surface area contributed by atoms with Crippen molar-refractivity contribution in [3.8, 4) is 6.07 Å². The smallest absolute Gasteiger partial charge is 0.447 e. The zero-order chi connectivity index (χ0) is 28.2. The lowest BCUT2D eigenvalue weighted by atomic mass is 9.76. The summed E-state index contributed by atoms with van der Waals surface area (Å²) in [5.74, 6) is -1.28. The van der Waals surface area contributed by atoms with Crippen molar-refractivity contribution in [2.45, 2.75) is 89.5 Å². The van der Waals surface area contributed by atoms with Gasteiger partial charge in [-0.25, -0.2) is 4.79 Å². The Hall–Kier alpha value is -2.91. The number of fused-ring (bicyclic) bond motifs is 2. The number of benzene rings is 1. The Morgan fingerprint density at radius 2 is 1.98 bits per heavy atom. The quantitative estimate of drug-likeness (QED) is 0.241. The molecule has 1 aromatic carbocycles. The number of amides is 2. The second kappa shape index (κ2) is 13.2. The molecule has 10 nitrogen and oxygen atoms in total. The van der Waals surface area contributed by atoms with Crippen LogP contribution in [0.5, 0.6) is 0 Å². The maximum absolute atomic E-state index is 13.8. The molecule has 2 atom stereocenters. The van der Waals surface area contributed by atoms with Crippen LogP contribution >= 0.6 is 0 Å². The summed E-state index contributed by atoms with van der Waals surface area (Å²) in [4.78, 5) is 30.4. The molecule has 3 N–H and O–H groups in total. The Bertz CT molecular complexity index is 1100. The van der Waals surface area contributed by atoms with Gasteiger partial charge in [-0.05, 0) is 64.5 Å². The Labute approximate surface area is 238 Å². The minimum atomic E-state index is -1.77. The van der Waals surface area contributed by atoms with Crippen LogP contribution in [0.1, 0.15) is 59.4 Å². The third-order valence-electron chi connectivity index (χ3n) is 8.32. The molecule has 3 fully saturated rings. The van der Waals surface area contributed by atoms with Crippen LogP contribution in [0.15, 0.2) is 42.0 Å². The summed E-state index contributed by atoms with van der Waals surface area (Å²) >= 11 is 0. The number of nitriles is 1. The molecule has 0 radical (unpaired) electrons. The largest absolute Gasteiger partial charge is 0.475 e. The van der Waals surface area contributed by atoms with E-state index >= 15 is 0 Å². The van der Waals surface area contributed by atoms with E-state index < -0.39 is 30.2 Å². The molecule has 2 bridgehead atoms. The third-order valence-corrected chi connectivity index (χ3v) is 8.32. The Balaban J connectivity index is 0.00000441. The Morgan fingerprint density at radius 3 is 2.58 bits per heavy atom. The molecule has 3 aliphatic rings. The zero-order valence-corrected chi connectivity index (χ0v) is 23.0. The standard InChI is InChI=1S/C28H39BN4O6.CH4/c1-20-18-32(13-14-38-20)27(2,3)16-22(17-30)25(34)33-23-9-11-28(33,12-10-23)19-39-26(35)31-24(29(36)37)15-21-7-5-4-6-8-21;/h4-8,16,20,23-24,36-37H,9-15,18-19H2,1-3H3,(H,31,35);1H4/t20-,23?,24-,28?;/m0./s1. The topological polar surface area (TPSA) is 135 Å². The summed E-state index contributed by atoms with van der Waals surface area (Å²) < 4.78 is 11.2. The number of ether oxygens (including phenoxy) is 2. The van der Waals surface area contributed by atoms with Crippen LogP contribution in [0, 0.1) is 11.3 Å². The summed E-state index contributed by atoms with van der Waals surface area (Å²) in [5, 5.41) is 32.1. The van der Waals surface area contributed by atoms with Gasteiger partial charge in [-0.15, -0.1) is 0 Å². The number of nitrogens with one attached hydrogen (secondary N) is 1. The molecular weight excluding hydrogens is 511 g/mol. The van der Waals surface area contributed by atoms with Gasteiger partial charge in [0.2, 0.25) is 0 Å². The van der Waals surface area contributed by atoms with Gasteiger partial charge in [0, 0.05) is 24.7 Å². The van der Waals surface area contributed by atoms with Gasteiger partial charge in [0.25, 0.3) is 5.91 Å². The molecule has 40 heavy (non-hydrogen) atoms. The predicted octanol–water partition coefficient (Wildman–Crippen LogP) is 2.44. The van der Waals surface area contributed by atoms with Gasteiger partial charge in [0.05, 0.1) is 24.2 Å². The lowest BCUT2D eigenvalue weighted by molar-refractivity contribution is -0.132. The van der Waals surface area contributed by atoms with E-state index in [4.69, 9.17) is 9.47 Å². The van der Waals surface area contributed by atoms with Crippen LogP contribution in [-0.2, 0) is 20.7 Å². The van der Waals surface area contributed by atoms with E-state index in [9.17, 15) is 24.9 Å². The molecule has 0 saturated carbocycles. The first-order valence-corrected chi connectivity index (χ1v) is 13.7. The molecule has 11 heteroatoms. The molecule has 3 saturated heterocycles. The highest BCUT2D eigenvalue weighted by atomic mass is 16.6. The fraction of sp³-hybridized carbons (Fsp3) is 0.621. The first kappa shape index (κ1) is 31.6. The van der Waals surface area contributed by atoms with Crippen LogP contribution in [0.2, 0.25) is 0 Å². The highest BCUT2D eigenvalue weighted by molar-refractivity contribution is 6.43. The van der Waals surface area contributed by atoms with Gasteiger partial charge >= 0.3 is 13.2 Å². The van der Waals surface area contributed by atoms with Crippen molar-refractivity contribution < 1.29 is 29.1 Å². The van der Waals surface area contributed by atoms with Gasteiger partial charge in [0.1, 0.15) is 18.2 Å². The molecule has 0 spiro atoms. The molecule has 3 aliphatic heterocycles. The summed E-state index contributed by atoms with van der Waals surface area (Å²) in [5.41, 5.74) is -0.265. The number of hydrogen-bond donors (Lipinski definition) is 3. The third kappa shape index (κ3) is 7.05. The van der Waals surface area contributed by atoms with Crippen molar-refractivity contribution in [3.63, 3.8) is 0 Å². The van der Waals surface area contributed by atoms with Crippen molar-refractivity contribution in [1.29, 1.82) is 5.26 Å². The molecule has 3 heterocycles. The maximum atomic E-state index is 13.8. The number of morpholine rings is 1. The van der Waals surface area contributed by atoms with Gasteiger partial charge in [-0.3, -0.25) is 9.69 Å². The van der Waals surface area contributed by atoms with Crippen molar-refractivity contribution in [3.05, 3.63) is 47.5 Å². The van der Waals surface area contributed by atoms with Crippen molar-refractivity contribution >= 4 is 19.1 Å². The summed E-state index contributed by atoms with van der Waals surface area (Å²) in [6, 6.07) is 11.3. The molecule has 4 rings (SSSR count). The number of rotatable bonds is 9. The minimum Gasteiger partial charge on any atom is -0.447 e. The molecule has 218 valence electrons. The number of carbonyl (C=O) groups excluding carboxylic acids is 2. The molecule has 0 aliphatic carbocycles. The monoisotopic (exact) mass is 554 g/mol. The second-order valence-electron chi connectivity index (χ2n) is 11.5. The fourth-order valence-electron chi connectivity index (χ4n) is 6.17. The van der Waals surface area contributed by atoms with Crippen LogP contribution in [-0.4, -0.2) is 94.4 Å². The zero-order valence-electron chi connectivity index (χ0n) is 23.0. The van der Waals surface area contributed by atoms with E-state index in [2.05, 4.69) is 16.3 Å².